The monoisotopic (exact) mass is 231 g/mol. The highest BCUT2D eigenvalue weighted by atomic mass is 32.2. The average Bonchev–Trinajstić information content (AvgIpc) is 2.22. The molecule has 1 rings (SSSR count). The van der Waals surface area contributed by atoms with E-state index < -0.39 is 11.6 Å². The first kappa shape index (κ1) is 12.5. The van der Waals surface area contributed by atoms with Crippen molar-refractivity contribution >= 4 is 11.8 Å². The van der Waals surface area contributed by atoms with Gasteiger partial charge in [-0.15, -0.1) is 11.8 Å². The molecule has 0 heterocycles. The molecule has 1 nitrogen and oxygen atoms in total. The zero-order chi connectivity index (χ0) is 11.3. The molecule has 15 heavy (non-hydrogen) atoms. The maximum atomic E-state index is 13.7. The Balaban J connectivity index is 2.80. The van der Waals surface area contributed by atoms with Crippen LogP contribution >= 0.6 is 11.8 Å². The lowest BCUT2D eigenvalue weighted by Gasteiger charge is -2.07. The summed E-state index contributed by atoms with van der Waals surface area (Å²) < 4.78 is 26.8. The Morgan fingerprint density at radius 2 is 2.00 bits per heavy atom. The highest BCUT2D eigenvalue weighted by molar-refractivity contribution is 7.98. The van der Waals surface area contributed by atoms with Gasteiger partial charge in [0.2, 0.25) is 0 Å². The number of nitrogens with two attached hydrogens (primary N) is 1. The lowest BCUT2D eigenvalue weighted by atomic mass is 10.1. The Labute approximate surface area is 93.1 Å². The predicted molar refractivity (Wildman–Crippen MR) is 60.1 cm³/mol. The summed E-state index contributed by atoms with van der Waals surface area (Å²) in [6.07, 6.45) is 4.00. The zero-order valence-corrected chi connectivity index (χ0v) is 9.54. The number of unbranched alkanes of at least 4 members (excludes halogenated alkanes) is 1. The zero-order valence-electron chi connectivity index (χ0n) is 8.72. The Kier molecular flexibility index (Phi) is 5.05. The van der Waals surface area contributed by atoms with Gasteiger partial charge in [0.1, 0.15) is 11.6 Å². The van der Waals surface area contributed by atoms with Gasteiger partial charge in [-0.25, -0.2) is 8.78 Å². The number of rotatable bonds is 5. The minimum Gasteiger partial charge on any atom is -0.330 e. The van der Waals surface area contributed by atoms with Gasteiger partial charge < -0.3 is 5.73 Å². The topological polar surface area (TPSA) is 26.0 Å². The van der Waals surface area contributed by atoms with Gasteiger partial charge in [-0.3, -0.25) is 0 Å². The Bertz CT molecular complexity index is 329. The van der Waals surface area contributed by atoms with Gasteiger partial charge in [-0.2, -0.15) is 0 Å². The second-order valence-corrected chi connectivity index (χ2v) is 4.12. The molecular weight excluding hydrogens is 216 g/mol. The van der Waals surface area contributed by atoms with Gasteiger partial charge in [0.15, 0.2) is 0 Å². The third kappa shape index (κ3) is 3.18. The van der Waals surface area contributed by atoms with Crippen molar-refractivity contribution in [2.24, 2.45) is 5.73 Å². The molecule has 0 aliphatic carbocycles. The van der Waals surface area contributed by atoms with E-state index in [1.807, 2.05) is 0 Å². The summed E-state index contributed by atoms with van der Waals surface area (Å²) in [5.74, 6) is -0.901. The molecule has 0 fully saturated rings. The first-order valence-corrected chi connectivity index (χ1v) is 6.14. The minimum atomic E-state index is -0.484. The third-order valence-electron chi connectivity index (χ3n) is 2.23. The van der Waals surface area contributed by atoms with Crippen LogP contribution in [0.25, 0.3) is 0 Å². The Morgan fingerprint density at radius 3 is 2.60 bits per heavy atom. The molecule has 0 bridgehead atoms. The van der Waals surface area contributed by atoms with E-state index in [1.165, 1.54) is 12.1 Å². The number of thioether (sulfide) groups is 1. The molecule has 0 saturated carbocycles. The van der Waals surface area contributed by atoms with Crippen molar-refractivity contribution in [1.29, 1.82) is 0 Å². The highest BCUT2D eigenvalue weighted by Gasteiger charge is 2.11. The number of benzene rings is 1. The summed E-state index contributed by atoms with van der Waals surface area (Å²) in [5.41, 5.74) is 5.93. The summed E-state index contributed by atoms with van der Waals surface area (Å²) in [5, 5.41) is 0. The second-order valence-electron chi connectivity index (χ2n) is 3.30. The standard InChI is InChI=1S/C11H15F2NS/c1-15-11-9(12)6-5-8(10(11)13)4-2-3-7-14/h5-6H,2-4,7,14H2,1H3. The number of aryl methyl sites for hydroxylation is 1. The summed E-state index contributed by atoms with van der Waals surface area (Å²) in [7, 11) is 0. The Hall–Kier alpha value is -0.610. The lowest BCUT2D eigenvalue weighted by molar-refractivity contribution is 0.527. The van der Waals surface area contributed by atoms with Crippen LogP contribution in [0.5, 0.6) is 0 Å². The van der Waals surface area contributed by atoms with Gasteiger partial charge in [0.25, 0.3) is 0 Å². The number of hydrogen-bond donors (Lipinski definition) is 1. The first-order chi connectivity index (χ1) is 7.20. The molecule has 0 aliphatic heterocycles. The Morgan fingerprint density at radius 1 is 1.27 bits per heavy atom. The second kappa shape index (κ2) is 6.08. The summed E-state index contributed by atoms with van der Waals surface area (Å²) in [4.78, 5) is 0.111. The van der Waals surface area contributed by atoms with Gasteiger partial charge in [-0.05, 0) is 43.7 Å². The van der Waals surface area contributed by atoms with Crippen molar-refractivity contribution in [1.82, 2.24) is 0 Å². The molecular formula is C11H15F2NS. The first-order valence-electron chi connectivity index (χ1n) is 4.91. The van der Waals surface area contributed by atoms with E-state index in [2.05, 4.69) is 0 Å². The van der Waals surface area contributed by atoms with Crippen molar-refractivity contribution in [2.75, 3.05) is 12.8 Å². The molecule has 1 aromatic carbocycles. The molecule has 2 N–H and O–H groups in total. The normalized spacial score (nSPS) is 10.7. The molecule has 0 aromatic heterocycles. The van der Waals surface area contributed by atoms with Crippen LogP contribution in [0.3, 0.4) is 0 Å². The third-order valence-corrected chi connectivity index (χ3v) is 3.02. The fraction of sp³-hybridized carbons (Fsp3) is 0.455. The number of halogens is 2. The molecule has 0 aliphatic rings. The fourth-order valence-corrected chi connectivity index (χ4v) is 1.99. The van der Waals surface area contributed by atoms with E-state index in [4.69, 9.17) is 5.73 Å². The SMILES string of the molecule is CSc1c(F)ccc(CCCCN)c1F. The minimum absolute atomic E-state index is 0.111. The maximum absolute atomic E-state index is 13.7. The molecule has 0 unspecified atom stereocenters. The van der Waals surface area contributed by atoms with Crippen LogP contribution in [-0.4, -0.2) is 12.8 Å². The molecule has 84 valence electrons. The van der Waals surface area contributed by atoms with Gasteiger partial charge in [-0.1, -0.05) is 6.07 Å². The predicted octanol–water partition coefficient (Wildman–Crippen LogP) is 2.97. The van der Waals surface area contributed by atoms with Gasteiger partial charge in [0.05, 0.1) is 4.90 Å². The molecule has 0 radical (unpaired) electrons. The fourth-order valence-electron chi connectivity index (χ4n) is 1.41. The van der Waals surface area contributed by atoms with Crippen LogP contribution in [0.4, 0.5) is 8.78 Å². The van der Waals surface area contributed by atoms with Crippen LogP contribution in [-0.2, 0) is 6.42 Å². The quantitative estimate of drug-likeness (QED) is 0.623. The van der Waals surface area contributed by atoms with Crippen LogP contribution in [0.2, 0.25) is 0 Å². The van der Waals surface area contributed by atoms with E-state index in [0.29, 0.717) is 18.5 Å². The van der Waals surface area contributed by atoms with Crippen molar-refractivity contribution in [2.45, 2.75) is 24.2 Å². The van der Waals surface area contributed by atoms with Crippen LogP contribution in [0, 0.1) is 11.6 Å². The van der Waals surface area contributed by atoms with E-state index in [0.717, 1.165) is 24.6 Å². The van der Waals surface area contributed by atoms with Gasteiger partial charge >= 0.3 is 0 Å². The summed E-state index contributed by atoms with van der Waals surface area (Å²) >= 11 is 1.10. The van der Waals surface area contributed by atoms with E-state index in [-0.39, 0.29) is 4.90 Å². The van der Waals surface area contributed by atoms with Crippen molar-refractivity contribution < 1.29 is 8.78 Å². The van der Waals surface area contributed by atoms with Crippen molar-refractivity contribution in [3.63, 3.8) is 0 Å². The molecule has 1 aromatic rings. The van der Waals surface area contributed by atoms with E-state index in [9.17, 15) is 8.78 Å². The van der Waals surface area contributed by atoms with Gasteiger partial charge in [0, 0.05) is 0 Å². The van der Waals surface area contributed by atoms with E-state index >= 15 is 0 Å². The van der Waals surface area contributed by atoms with Crippen LogP contribution < -0.4 is 5.73 Å². The van der Waals surface area contributed by atoms with Crippen LogP contribution in [0.15, 0.2) is 17.0 Å². The molecule has 0 atom stereocenters. The maximum Gasteiger partial charge on any atom is 0.142 e. The largest absolute Gasteiger partial charge is 0.330 e. The highest BCUT2D eigenvalue weighted by Crippen LogP contribution is 2.26. The molecule has 0 saturated heterocycles. The number of hydrogen-bond acceptors (Lipinski definition) is 2. The molecule has 0 spiro atoms. The average molecular weight is 231 g/mol. The van der Waals surface area contributed by atoms with Crippen LogP contribution in [0.1, 0.15) is 18.4 Å². The smallest absolute Gasteiger partial charge is 0.142 e. The van der Waals surface area contributed by atoms with Crippen molar-refractivity contribution in [3.8, 4) is 0 Å². The van der Waals surface area contributed by atoms with E-state index in [1.54, 1.807) is 6.26 Å². The molecule has 4 heteroatoms. The summed E-state index contributed by atoms with van der Waals surface area (Å²) in [6, 6.07) is 2.84. The summed E-state index contributed by atoms with van der Waals surface area (Å²) in [6.45, 7) is 0.609. The molecule has 0 amide bonds. The van der Waals surface area contributed by atoms with Crippen molar-refractivity contribution in [3.05, 3.63) is 29.3 Å². The lowest BCUT2D eigenvalue weighted by Crippen LogP contribution is -2.01.